The van der Waals surface area contributed by atoms with E-state index in [9.17, 15) is 4.79 Å². The molecular formula is C13H22N4O. The molecule has 4 N–H and O–H groups in total. The van der Waals surface area contributed by atoms with Gasteiger partial charge in [-0.05, 0) is 45.4 Å². The van der Waals surface area contributed by atoms with Gasteiger partial charge in [-0.1, -0.05) is 0 Å². The summed E-state index contributed by atoms with van der Waals surface area (Å²) in [6.45, 7) is 5.32. The lowest BCUT2D eigenvalue weighted by Crippen LogP contribution is -2.26. The van der Waals surface area contributed by atoms with E-state index in [1.807, 2.05) is 13.8 Å². The van der Waals surface area contributed by atoms with Crippen molar-refractivity contribution in [1.82, 2.24) is 10.3 Å². The molecule has 0 aliphatic rings. The monoisotopic (exact) mass is 250 g/mol. The van der Waals surface area contributed by atoms with E-state index < -0.39 is 0 Å². The van der Waals surface area contributed by atoms with E-state index in [4.69, 9.17) is 5.73 Å². The SMILES string of the molecule is CC(C)Nc1ncccc1C(=O)NCCCCN. The number of aromatic nitrogens is 1. The van der Waals surface area contributed by atoms with Crippen LogP contribution in [-0.4, -0.2) is 30.0 Å². The fourth-order valence-corrected chi connectivity index (χ4v) is 1.54. The number of carbonyl (C=O) groups excluding carboxylic acids is 1. The molecule has 1 amide bonds. The van der Waals surface area contributed by atoms with Crippen LogP contribution in [0.25, 0.3) is 0 Å². The van der Waals surface area contributed by atoms with Crippen molar-refractivity contribution in [3.05, 3.63) is 23.9 Å². The van der Waals surface area contributed by atoms with Gasteiger partial charge < -0.3 is 16.4 Å². The maximum Gasteiger partial charge on any atom is 0.255 e. The molecule has 0 radical (unpaired) electrons. The van der Waals surface area contributed by atoms with Crippen LogP contribution in [0.4, 0.5) is 5.82 Å². The van der Waals surface area contributed by atoms with Crippen LogP contribution in [0.15, 0.2) is 18.3 Å². The summed E-state index contributed by atoms with van der Waals surface area (Å²) in [5.41, 5.74) is 5.99. The predicted molar refractivity (Wildman–Crippen MR) is 73.6 cm³/mol. The van der Waals surface area contributed by atoms with Crippen molar-refractivity contribution in [2.75, 3.05) is 18.4 Å². The molecule has 0 bridgehead atoms. The number of nitrogens with one attached hydrogen (secondary N) is 2. The van der Waals surface area contributed by atoms with Crippen molar-refractivity contribution in [3.63, 3.8) is 0 Å². The van der Waals surface area contributed by atoms with Crippen molar-refractivity contribution in [1.29, 1.82) is 0 Å². The largest absolute Gasteiger partial charge is 0.367 e. The summed E-state index contributed by atoms with van der Waals surface area (Å²) in [6.07, 6.45) is 3.50. The van der Waals surface area contributed by atoms with Crippen molar-refractivity contribution < 1.29 is 4.79 Å². The van der Waals surface area contributed by atoms with Gasteiger partial charge in [0.25, 0.3) is 5.91 Å². The molecule has 0 unspecified atom stereocenters. The van der Waals surface area contributed by atoms with Gasteiger partial charge in [0.2, 0.25) is 0 Å². The summed E-state index contributed by atoms with van der Waals surface area (Å²) in [7, 11) is 0. The van der Waals surface area contributed by atoms with Gasteiger partial charge in [0, 0.05) is 18.8 Å². The van der Waals surface area contributed by atoms with Crippen LogP contribution in [0.5, 0.6) is 0 Å². The number of hydrogen-bond acceptors (Lipinski definition) is 4. The molecule has 0 fully saturated rings. The molecule has 1 heterocycles. The zero-order valence-electron chi connectivity index (χ0n) is 11.1. The summed E-state index contributed by atoms with van der Waals surface area (Å²) in [6, 6.07) is 3.78. The number of amides is 1. The molecule has 0 aliphatic carbocycles. The molecule has 100 valence electrons. The van der Waals surface area contributed by atoms with Crippen molar-refractivity contribution in [2.45, 2.75) is 32.7 Å². The van der Waals surface area contributed by atoms with E-state index in [1.54, 1.807) is 18.3 Å². The van der Waals surface area contributed by atoms with Crippen molar-refractivity contribution in [2.24, 2.45) is 5.73 Å². The fraction of sp³-hybridized carbons (Fsp3) is 0.538. The Labute approximate surface area is 108 Å². The predicted octanol–water partition coefficient (Wildman–Crippen LogP) is 1.37. The van der Waals surface area contributed by atoms with Gasteiger partial charge in [-0.2, -0.15) is 0 Å². The quantitative estimate of drug-likeness (QED) is 0.638. The Kier molecular flexibility index (Phi) is 6.14. The highest BCUT2D eigenvalue weighted by Crippen LogP contribution is 2.12. The number of anilines is 1. The third kappa shape index (κ3) is 4.71. The summed E-state index contributed by atoms with van der Waals surface area (Å²) >= 11 is 0. The molecule has 5 heteroatoms. The van der Waals surface area contributed by atoms with Gasteiger partial charge >= 0.3 is 0 Å². The average Bonchev–Trinajstić information content (AvgIpc) is 2.34. The van der Waals surface area contributed by atoms with Gasteiger partial charge in [-0.3, -0.25) is 4.79 Å². The fourth-order valence-electron chi connectivity index (χ4n) is 1.54. The maximum atomic E-state index is 12.0. The first kappa shape index (κ1) is 14.4. The first-order chi connectivity index (χ1) is 8.65. The molecule has 5 nitrogen and oxygen atoms in total. The molecule has 0 saturated carbocycles. The molecule has 0 atom stereocenters. The summed E-state index contributed by atoms with van der Waals surface area (Å²) in [5, 5.41) is 6.04. The van der Waals surface area contributed by atoms with Crippen LogP contribution < -0.4 is 16.4 Å². The zero-order valence-corrected chi connectivity index (χ0v) is 11.1. The highest BCUT2D eigenvalue weighted by molar-refractivity contribution is 5.98. The molecule has 0 aliphatic heterocycles. The van der Waals surface area contributed by atoms with E-state index >= 15 is 0 Å². The number of carbonyl (C=O) groups is 1. The lowest BCUT2D eigenvalue weighted by molar-refractivity contribution is 0.0953. The number of pyridine rings is 1. The van der Waals surface area contributed by atoms with Crippen molar-refractivity contribution >= 4 is 11.7 Å². The summed E-state index contributed by atoms with van der Waals surface area (Å²) in [5.74, 6) is 0.534. The molecule has 0 aromatic carbocycles. The van der Waals surface area contributed by atoms with Crippen LogP contribution in [0.3, 0.4) is 0 Å². The number of nitrogens with two attached hydrogens (primary N) is 1. The number of hydrogen-bond donors (Lipinski definition) is 3. The molecule has 1 rings (SSSR count). The van der Waals surface area contributed by atoms with Crippen LogP contribution in [0.1, 0.15) is 37.0 Å². The molecule has 1 aromatic heterocycles. The van der Waals surface area contributed by atoms with Crippen LogP contribution >= 0.6 is 0 Å². The first-order valence-electron chi connectivity index (χ1n) is 6.35. The molecule has 18 heavy (non-hydrogen) atoms. The average molecular weight is 250 g/mol. The van der Waals surface area contributed by atoms with Gasteiger partial charge in [0.1, 0.15) is 5.82 Å². The summed E-state index contributed by atoms with van der Waals surface area (Å²) < 4.78 is 0. The summed E-state index contributed by atoms with van der Waals surface area (Å²) in [4.78, 5) is 16.2. The third-order valence-electron chi connectivity index (χ3n) is 2.39. The number of rotatable bonds is 7. The zero-order chi connectivity index (χ0) is 13.4. The number of unbranched alkanes of at least 4 members (excludes halogenated alkanes) is 1. The van der Waals surface area contributed by atoms with Crippen molar-refractivity contribution in [3.8, 4) is 0 Å². The number of nitrogens with zero attached hydrogens (tertiary/aromatic N) is 1. The second-order valence-electron chi connectivity index (χ2n) is 4.45. The molecule has 1 aromatic rings. The topological polar surface area (TPSA) is 80.0 Å². The van der Waals surface area contributed by atoms with E-state index in [-0.39, 0.29) is 11.9 Å². The normalized spacial score (nSPS) is 10.4. The molecule has 0 saturated heterocycles. The maximum absolute atomic E-state index is 12.0. The van der Waals surface area contributed by atoms with Gasteiger partial charge in [-0.15, -0.1) is 0 Å². The van der Waals surface area contributed by atoms with E-state index in [0.29, 0.717) is 24.5 Å². The Morgan fingerprint density at radius 3 is 2.89 bits per heavy atom. The van der Waals surface area contributed by atoms with Gasteiger partial charge in [0.15, 0.2) is 0 Å². The Balaban J connectivity index is 2.61. The minimum atomic E-state index is -0.0942. The van der Waals surface area contributed by atoms with Crippen LogP contribution in [-0.2, 0) is 0 Å². The van der Waals surface area contributed by atoms with Crippen LogP contribution in [0, 0.1) is 0 Å². The Morgan fingerprint density at radius 2 is 2.22 bits per heavy atom. The lowest BCUT2D eigenvalue weighted by Gasteiger charge is -2.13. The first-order valence-corrected chi connectivity index (χ1v) is 6.35. The van der Waals surface area contributed by atoms with Gasteiger partial charge in [-0.25, -0.2) is 4.98 Å². The Morgan fingerprint density at radius 1 is 1.44 bits per heavy atom. The second kappa shape index (κ2) is 7.66. The third-order valence-corrected chi connectivity index (χ3v) is 2.39. The standard InChI is InChI=1S/C13H22N4O/c1-10(2)17-12-11(6-5-9-15-12)13(18)16-8-4-3-7-14/h5-6,9-10H,3-4,7-8,14H2,1-2H3,(H,15,17)(H,16,18). The van der Waals surface area contributed by atoms with Crippen LogP contribution in [0.2, 0.25) is 0 Å². The van der Waals surface area contributed by atoms with E-state index in [1.165, 1.54) is 0 Å². The van der Waals surface area contributed by atoms with E-state index in [0.717, 1.165) is 12.8 Å². The minimum Gasteiger partial charge on any atom is -0.367 e. The van der Waals surface area contributed by atoms with E-state index in [2.05, 4.69) is 15.6 Å². The minimum absolute atomic E-state index is 0.0942. The second-order valence-corrected chi connectivity index (χ2v) is 4.45. The highest BCUT2D eigenvalue weighted by Gasteiger charge is 2.11. The molecular weight excluding hydrogens is 228 g/mol. The Hall–Kier alpha value is -1.62. The Bertz CT molecular complexity index is 379. The lowest BCUT2D eigenvalue weighted by atomic mass is 10.2. The smallest absolute Gasteiger partial charge is 0.255 e. The van der Waals surface area contributed by atoms with Gasteiger partial charge in [0.05, 0.1) is 5.56 Å². The molecule has 0 spiro atoms. The highest BCUT2D eigenvalue weighted by atomic mass is 16.1.